The van der Waals surface area contributed by atoms with E-state index in [9.17, 15) is 4.39 Å². The Morgan fingerprint density at radius 3 is 2.30 bits per heavy atom. The zero-order valence-corrected chi connectivity index (χ0v) is 17.9. The van der Waals surface area contributed by atoms with Crippen LogP contribution in [0.2, 0.25) is 0 Å². The molecule has 2 aromatic carbocycles. The number of rotatable bonds is 6. The topological polar surface area (TPSA) is 50.1 Å². The summed E-state index contributed by atoms with van der Waals surface area (Å²) in [4.78, 5) is 4.67. The van der Waals surface area contributed by atoms with Gasteiger partial charge in [0.1, 0.15) is 11.9 Å². The fourth-order valence-corrected chi connectivity index (χ4v) is 4.02. The predicted molar refractivity (Wildman–Crippen MR) is 116 cm³/mol. The molecule has 1 aliphatic rings. The van der Waals surface area contributed by atoms with Crippen molar-refractivity contribution < 1.29 is 4.39 Å². The fourth-order valence-electron chi connectivity index (χ4n) is 4.02. The summed E-state index contributed by atoms with van der Waals surface area (Å²) >= 11 is 0. The van der Waals surface area contributed by atoms with Gasteiger partial charge in [-0.05, 0) is 48.9 Å². The first-order chi connectivity index (χ1) is 14.5. The molecule has 3 aromatic rings. The Labute approximate surface area is 177 Å². The van der Waals surface area contributed by atoms with E-state index in [4.69, 9.17) is 0 Å². The van der Waals surface area contributed by atoms with Crippen LogP contribution in [0, 0.1) is 5.82 Å². The molecule has 1 saturated heterocycles. The molecule has 0 N–H and O–H groups in total. The number of hydrogen-bond acceptors (Lipinski definition) is 5. The summed E-state index contributed by atoms with van der Waals surface area (Å²) in [7, 11) is 0. The van der Waals surface area contributed by atoms with Gasteiger partial charge < -0.3 is 4.90 Å². The Morgan fingerprint density at radius 1 is 0.967 bits per heavy atom. The van der Waals surface area contributed by atoms with Gasteiger partial charge in [-0.3, -0.25) is 4.90 Å². The fraction of sp³-hybridized carbons (Fsp3) is 0.435. The Balaban J connectivity index is 1.67. The zero-order chi connectivity index (χ0) is 21.1. The number of benzene rings is 2. The first-order valence-electron chi connectivity index (χ1n) is 10.6. The summed E-state index contributed by atoms with van der Waals surface area (Å²) in [6, 6.07) is 17.1. The van der Waals surface area contributed by atoms with Crippen molar-refractivity contribution in [2.75, 3.05) is 31.1 Å². The van der Waals surface area contributed by atoms with Crippen LogP contribution in [0.1, 0.15) is 44.6 Å². The molecular weight excluding hydrogens is 379 g/mol. The SMILES string of the molecule is CCC(C)(C)n1nnnc1[C@@H](c1ccccc1F)N1CCN(c2ccccc2)CC1. The van der Waals surface area contributed by atoms with Crippen LogP contribution < -0.4 is 4.90 Å². The third-order valence-corrected chi connectivity index (χ3v) is 6.18. The van der Waals surface area contributed by atoms with Crippen molar-refractivity contribution in [3.05, 3.63) is 71.8 Å². The number of anilines is 1. The molecule has 0 amide bonds. The van der Waals surface area contributed by atoms with Crippen LogP contribution in [0.25, 0.3) is 0 Å². The van der Waals surface area contributed by atoms with Gasteiger partial charge in [0.25, 0.3) is 0 Å². The van der Waals surface area contributed by atoms with Gasteiger partial charge in [-0.15, -0.1) is 5.10 Å². The van der Waals surface area contributed by atoms with Crippen molar-refractivity contribution in [2.24, 2.45) is 0 Å². The van der Waals surface area contributed by atoms with Gasteiger partial charge in [-0.25, -0.2) is 9.07 Å². The minimum Gasteiger partial charge on any atom is -0.369 e. The van der Waals surface area contributed by atoms with Crippen LogP contribution in [0.4, 0.5) is 10.1 Å². The van der Waals surface area contributed by atoms with E-state index in [0.29, 0.717) is 11.4 Å². The van der Waals surface area contributed by atoms with Crippen LogP contribution in [0.5, 0.6) is 0 Å². The lowest BCUT2D eigenvalue weighted by Crippen LogP contribution is -2.49. The monoisotopic (exact) mass is 408 g/mol. The van der Waals surface area contributed by atoms with Gasteiger partial charge in [0.15, 0.2) is 5.82 Å². The standard InChI is InChI=1S/C23H29FN6/c1-4-23(2,3)30-22(25-26-27-30)21(19-12-8-9-13-20(19)24)29-16-14-28(15-17-29)18-10-6-5-7-11-18/h5-13,21H,4,14-17H2,1-3H3/t21-/m1/s1. The maximum atomic E-state index is 14.9. The number of para-hydroxylation sites is 1. The Bertz CT molecular complexity index is 963. The maximum absolute atomic E-state index is 14.9. The van der Waals surface area contributed by atoms with Crippen molar-refractivity contribution in [2.45, 2.75) is 38.8 Å². The first kappa shape index (κ1) is 20.5. The third kappa shape index (κ3) is 3.94. The molecule has 6 nitrogen and oxygen atoms in total. The van der Waals surface area contributed by atoms with E-state index in [1.165, 1.54) is 11.8 Å². The van der Waals surface area contributed by atoms with E-state index < -0.39 is 0 Å². The highest BCUT2D eigenvalue weighted by molar-refractivity contribution is 5.46. The lowest BCUT2D eigenvalue weighted by Gasteiger charge is -2.40. The molecule has 158 valence electrons. The number of halogens is 1. The number of hydrogen-bond donors (Lipinski definition) is 0. The Kier molecular flexibility index (Phi) is 5.81. The van der Waals surface area contributed by atoms with Crippen molar-refractivity contribution in [3.8, 4) is 0 Å². The number of piperazine rings is 1. The van der Waals surface area contributed by atoms with Gasteiger partial charge >= 0.3 is 0 Å². The molecule has 0 radical (unpaired) electrons. The van der Waals surface area contributed by atoms with E-state index >= 15 is 0 Å². The van der Waals surface area contributed by atoms with Gasteiger partial charge in [0.05, 0.1) is 5.54 Å². The van der Waals surface area contributed by atoms with Crippen molar-refractivity contribution >= 4 is 5.69 Å². The zero-order valence-electron chi connectivity index (χ0n) is 17.9. The quantitative estimate of drug-likeness (QED) is 0.620. The maximum Gasteiger partial charge on any atom is 0.173 e. The number of nitrogens with zero attached hydrogens (tertiary/aromatic N) is 6. The Hall–Kier alpha value is -2.80. The number of aromatic nitrogens is 4. The van der Waals surface area contributed by atoms with E-state index in [1.807, 2.05) is 22.9 Å². The van der Waals surface area contributed by atoms with Crippen molar-refractivity contribution in [3.63, 3.8) is 0 Å². The summed E-state index contributed by atoms with van der Waals surface area (Å²) in [5.41, 5.74) is 1.58. The average molecular weight is 409 g/mol. The van der Waals surface area contributed by atoms with Gasteiger partial charge in [0, 0.05) is 37.4 Å². The van der Waals surface area contributed by atoms with Gasteiger partial charge in [-0.1, -0.05) is 43.3 Å². The van der Waals surface area contributed by atoms with E-state index in [2.05, 4.69) is 70.4 Å². The molecule has 7 heteroatoms. The van der Waals surface area contributed by atoms with Crippen molar-refractivity contribution in [1.29, 1.82) is 0 Å². The largest absolute Gasteiger partial charge is 0.369 e. The van der Waals surface area contributed by atoms with Crippen LogP contribution in [-0.2, 0) is 5.54 Å². The first-order valence-corrected chi connectivity index (χ1v) is 10.6. The van der Waals surface area contributed by atoms with E-state index in [-0.39, 0.29) is 17.4 Å². The summed E-state index contributed by atoms with van der Waals surface area (Å²) < 4.78 is 16.8. The summed E-state index contributed by atoms with van der Waals surface area (Å²) in [5.74, 6) is 0.469. The summed E-state index contributed by atoms with van der Waals surface area (Å²) in [6.07, 6.45) is 0.872. The molecule has 1 fully saturated rings. The molecule has 2 heterocycles. The minimum atomic E-state index is -0.329. The normalized spacial score (nSPS) is 16.6. The van der Waals surface area contributed by atoms with Crippen LogP contribution in [0.15, 0.2) is 54.6 Å². The van der Waals surface area contributed by atoms with Crippen LogP contribution in [0.3, 0.4) is 0 Å². The lowest BCUT2D eigenvalue weighted by atomic mass is 9.98. The molecule has 0 spiro atoms. The van der Waals surface area contributed by atoms with E-state index in [1.54, 1.807) is 6.07 Å². The van der Waals surface area contributed by atoms with Crippen molar-refractivity contribution in [1.82, 2.24) is 25.1 Å². The highest BCUT2D eigenvalue weighted by Gasteiger charge is 2.35. The second kappa shape index (κ2) is 8.52. The lowest BCUT2D eigenvalue weighted by molar-refractivity contribution is 0.184. The van der Waals surface area contributed by atoms with E-state index in [0.717, 1.165) is 32.6 Å². The molecule has 0 aliphatic carbocycles. The number of tetrazole rings is 1. The highest BCUT2D eigenvalue weighted by Crippen LogP contribution is 2.33. The third-order valence-electron chi connectivity index (χ3n) is 6.18. The summed E-state index contributed by atoms with van der Waals surface area (Å²) in [6.45, 7) is 9.67. The van der Waals surface area contributed by atoms with Crippen LogP contribution >= 0.6 is 0 Å². The van der Waals surface area contributed by atoms with Gasteiger partial charge in [0.2, 0.25) is 0 Å². The molecule has 0 bridgehead atoms. The average Bonchev–Trinajstić information content (AvgIpc) is 3.27. The molecule has 1 aromatic heterocycles. The van der Waals surface area contributed by atoms with Gasteiger partial charge in [-0.2, -0.15) is 0 Å². The minimum absolute atomic E-state index is 0.225. The molecule has 1 aliphatic heterocycles. The predicted octanol–water partition coefficient (Wildman–Crippen LogP) is 3.87. The second-order valence-electron chi connectivity index (χ2n) is 8.40. The molecule has 4 rings (SSSR count). The van der Waals surface area contributed by atoms with Crippen LogP contribution in [-0.4, -0.2) is 51.3 Å². The smallest absolute Gasteiger partial charge is 0.173 e. The second-order valence-corrected chi connectivity index (χ2v) is 8.40. The summed E-state index contributed by atoms with van der Waals surface area (Å²) in [5, 5.41) is 12.6. The molecular formula is C23H29FN6. The molecule has 0 saturated carbocycles. The molecule has 30 heavy (non-hydrogen) atoms. The highest BCUT2D eigenvalue weighted by atomic mass is 19.1. The Morgan fingerprint density at radius 2 is 1.63 bits per heavy atom. The molecule has 1 atom stereocenters. The molecule has 0 unspecified atom stereocenters.